The quantitative estimate of drug-likeness (QED) is 0.551. The van der Waals surface area contributed by atoms with Crippen molar-refractivity contribution in [1.29, 1.82) is 0 Å². The molecule has 0 aromatic carbocycles. The Morgan fingerprint density at radius 1 is 1.34 bits per heavy atom. The Balaban J connectivity index is 2.03. The normalized spacial score (nSPS) is 44.9. The van der Waals surface area contributed by atoms with Crippen molar-refractivity contribution in [2.45, 2.75) is 64.6 Å². The van der Waals surface area contributed by atoms with Crippen molar-refractivity contribution < 1.29 is 29.3 Å². The molecule has 3 aliphatic rings. The Labute approximate surface area is 173 Å². The molecule has 3 rings (SSSR count). The van der Waals surface area contributed by atoms with Crippen LogP contribution in [0.25, 0.3) is 0 Å². The van der Waals surface area contributed by atoms with Crippen LogP contribution in [-0.2, 0) is 19.1 Å². The van der Waals surface area contributed by atoms with Crippen molar-refractivity contribution in [3.8, 4) is 0 Å². The highest BCUT2D eigenvalue weighted by Gasteiger charge is 2.62. The smallest absolute Gasteiger partial charge is 0.342 e. The third-order valence-corrected chi connectivity index (χ3v) is 8.47. The van der Waals surface area contributed by atoms with E-state index in [1.54, 1.807) is 0 Å². The van der Waals surface area contributed by atoms with Crippen LogP contribution in [0.15, 0.2) is 24.0 Å². The predicted octanol–water partition coefficient (Wildman–Crippen LogP) is 2.78. The van der Waals surface area contributed by atoms with Crippen LogP contribution in [0.2, 0.25) is 0 Å². The molecule has 0 aromatic rings. The minimum Gasteiger partial charge on any atom is -0.493 e. The third kappa shape index (κ3) is 2.98. The van der Waals surface area contributed by atoms with E-state index in [2.05, 4.69) is 27.4 Å². The van der Waals surface area contributed by atoms with Crippen LogP contribution < -0.4 is 0 Å². The Kier molecular flexibility index (Phi) is 5.50. The topological polar surface area (TPSA) is 93.1 Å². The van der Waals surface area contributed by atoms with Gasteiger partial charge in [-0.05, 0) is 49.4 Å². The van der Waals surface area contributed by atoms with Crippen LogP contribution in [0.1, 0.15) is 52.9 Å². The van der Waals surface area contributed by atoms with Gasteiger partial charge in [0.1, 0.15) is 0 Å². The van der Waals surface area contributed by atoms with E-state index in [1.807, 2.05) is 0 Å². The van der Waals surface area contributed by atoms with E-state index in [1.165, 1.54) is 20.3 Å². The van der Waals surface area contributed by atoms with Gasteiger partial charge >= 0.3 is 5.97 Å². The Morgan fingerprint density at radius 3 is 2.59 bits per heavy atom. The van der Waals surface area contributed by atoms with Gasteiger partial charge in [0, 0.05) is 11.5 Å². The summed E-state index contributed by atoms with van der Waals surface area (Å²) in [7, 11) is 2.55. The summed E-state index contributed by atoms with van der Waals surface area (Å²) in [5, 5.41) is 22.1. The lowest BCUT2D eigenvalue weighted by atomic mass is 9.44. The Bertz CT molecular complexity index is 756. The summed E-state index contributed by atoms with van der Waals surface area (Å²) in [5.41, 5.74) is -1.81. The van der Waals surface area contributed by atoms with E-state index in [9.17, 15) is 19.8 Å². The van der Waals surface area contributed by atoms with E-state index in [0.717, 1.165) is 24.8 Å². The van der Waals surface area contributed by atoms with E-state index < -0.39 is 29.0 Å². The van der Waals surface area contributed by atoms with Gasteiger partial charge in [0.15, 0.2) is 11.4 Å². The molecule has 162 valence electrons. The number of aliphatic hydroxyl groups excluding tert-OH is 1. The Hall–Kier alpha value is -1.66. The molecular weight excluding hydrogens is 372 g/mol. The average molecular weight is 407 g/mol. The number of rotatable bonds is 4. The van der Waals surface area contributed by atoms with Gasteiger partial charge in [0.2, 0.25) is 5.78 Å². The van der Waals surface area contributed by atoms with Crippen LogP contribution in [-0.4, -0.2) is 47.9 Å². The van der Waals surface area contributed by atoms with Crippen LogP contribution >= 0.6 is 0 Å². The van der Waals surface area contributed by atoms with Gasteiger partial charge in [-0.2, -0.15) is 0 Å². The number of allylic oxidation sites excluding steroid dienone is 1. The highest BCUT2D eigenvalue weighted by Crippen LogP contribution is 2.63. The minimum atomic E-state index is -2.04. The molecule has 3 aliphatic carbocycles. The van der Waals surface area contributed by atoms with Crippen molar-refractivity contribution in [3.05, 3.63) is 24.0 Å². The summed E-state index contributed by atoms with van der Waals surface area (Å²) in [4.78, 5) is 25.5. The SMILES string of the molecule is C=C1CCCC2[C@@]1(C)[C@@H](O)C[C@@H](C)[C@]2(C)CC1C(=O)C(OC)=C[C@@]1(O)C(=O)OC. The first-order chi connectivity index (χ1) is 13.5. The maximum absolute atomic E-state index is 13.0. The maximum Gasteiger partial charge on any atom is 0.342 e. The molecule has 7 atom stereocenters. The molecule has 6 nitrogen and oxygen atoms in total. The standard InChI is InChI=1S/C23H34O6/c1-13-8-7-9-17-21(3,14(2)10-18(24)22(13,17)4)11-15-19(25)16(28-5)12-23(15,27)20(26)29-6/h12,14-15,17-18,24,27H,1,7-11H2,2-6H3/t14-,15?,17?,18+,21+,22+,23+/m1/s1. The zero-order chi connectivity index (χ0) is 21.8. The molecule has 29 heavy (non-hydrogen) atoms. The highest BCUT2D eigenvalue weighted by atomic mass is 16.5. The molecule has 0 bridgehead atoms. The van der Waals surface area contributed by atoms with Crippen molar-refractivity contribution in [1.82, 2.24) is 0 Å². The number of fused-ring (bicyclic) bond motifs is 1. The largest absolute Gasteiger partial charge is 0.493 e. The molecule has 2 unspecified atom stereocenters. The first-order valence-corrected chi connectivity index (χ1v) is 10.4. The van der Waals surface area contributed by atoms with Crippen molar-refractivity contribution >= 4 is 11.8 Å². The third-order valence-electron chi connectivity index (χ3n) is 8.47. The molecule has 0 heterocycles. The lowest BCUT2D eigenvalue weighted by Gasteiger charge is -2.61. The summed E-state index contributed by atoms with van der Waals surface area (Å²) < 4.78 is 9.97. The number of esters is 1. The summed E-state index contributed by atoms with van der Waals surface area (Å²) in [6.07, 6.45) is 4.38. The van der Waals surface area contributed by atoms with E-state index in [-0.39, 0.29) is 28.8 Å². The fourth-order valence-electron chi connectivity index (χ4n) is 6.31. The van der Waals surface area contributed by atoms with E-state index >= 15 is 0 Å². The number of ketones is 1. The highest BCUT2D eigenvalue weighted by molar-refractivity contribution is 6.05. The van der Waals surface area contributed by atoms with Gasteiger partial charge in [-0.3, -0.25) is 4.79 Å². The molecule has 2 N–H and O–H groups in total. The number of carbonyl (C=O) groups is 2. The first-order valence-electron chi connectivity index (χ1n) is 10.4. The monoisotopic (exact) mass is 406 g/mol. The van der Waals surface area contributed by atoms with Crippen LogP contribution in [0.3, 0.4) is 0 Å². The summed E-state index contributed by atoms with van der Waals surface area (Å²) >= 11 is 0. The van der Waals surface area contributed by atoms with Crippen LogP contribution in [0.5, 0.6) is 0 Å². The van der Waals surface area contributed by atoms with Crippen molar-refractivity contribution in [2.24, 2.45) is 28.6 Å². The van der Waals surface area contributed by atoms with Gasteiger partial charge in [-0.15, -0.1) is 0 Å². The van der Waals surface area contributed by atoms with E-state index in [4.69, 9.17) is 9.47 Å². The fourth-order valence-corrected chi connectivity index (χ4v) is 6.31. The zero-order valence-electron chi connectivity index (χ0n) is 18.2. The van der Waals surface area contributed by atoms with Gasteiger partial charge < -0.3 is 19.7 Å². The van der Waals surface area contributed by atoms with Gasteiger partial charge in [0.25, 0.3) is 0 Å². The van der Waals surface area contributed by atoms with Gasteiger partial charge in [-0.25, -0.2) is 4.79 Å². The Morgan fingerprint density at radius 2 is 2.00 bits per heavy atom. The number of ether oxygens (including phenoxy) is 2. The second-order valence-corrected chi connectivity index (χ2v) is 9.64. The second kappa shape index (κ2) is 7.24. The van der Waals surface area contributed by atoms with Gasteiger partial charge in [0.05, 0.1) is 26.2 Å². The predicted molar refractivity (Wildman–Crippen MR) is 108 cm³/mol. The summed E-state index contributed by atoms with van der Waals surface area (Å²) in [6, 6.07) is 0. The zero-order valence-corrected chi connectivity index (χ0v) is 18.2. The van der Waals surface area contributed by atoms with Crippen LogP contribution in [0.4, 0.5) is 0 Å². The fraction of sp³-hybridized carbons (Fsp3) is 0.739. The first kappa shape index (κ1) is 22.0. The number of carbonyl (C=O) groups excluding carboxylic acids is 2. The number of methoxy groups -OCH3 is 2. The lowest BCUT2D eigenvalue weighted by molar-refractivity contribution is -0.171. The molecule has 2 fully saturated rings. The summed E-state index contributed by atoms with van der Waals surface area (Å²) in [6.45, 7) is 10.6. The molecule has 0 spiro atoms. The molecule has 0 radical (unpaired) electrons. The number of Topliss-reactive ketones (excluding diaryl/α,β-unsaturated/α-hetero) is 1. The van der Waals surface area contributed by atoms with Gasteiger partial charge in [-0.1, -0.05) is 32.9 Å². The average Bonchev–Trinajstić information content (AvgIpc) is 2.93. The molecule has 6 heteroatoms. The lowest BCUT2D eigenvalue weighted by Crippen LogP contribution is -2.59. The second-order valence-electron chi connectivity index (χ2n) is 9.64. The molecule has 0 aromatic heterocycles. The number of aliphatic hydroxyl groups is 2. The molecule has 0 aliphatic heterocycles. The summed E-state index contributed by atoms with van der Waals surface area (Å²) in [5.74, 6) is -2.03. The molecule has 0 amide bonds. The van der Waals surface area contributed by atoms with E-state index in [0.29, 0.717) is 12.8 Å². The van der Waals surface area contributed by atoms with Crippen molar-refractivity contribution in [3.63, 3.8) is 0 Å². The minimum absolute atomic E-state index is 0.00851. The van der Waals surface area contributed by atoms with Crippen LogP contribution in [0, 0.1) is 28.6 Å². The molecule has 2 saturated carbocycles. The molecule has 0 saturated heterocycles. The number of hydrogen-bond donors (Lipinski definition) is 2. The maximum atomic E-state index is 13.0. The number of hydrogen-bond acceptors (Lipinski definition) is 6. The van der Waals surface area contributed by atoms with Crippen molar-refractivity contribution in [2.75, 3.05) is 14.2 Å². The molecular formula is C23H34O6.